The summed E-state index contributed by atoms with van der Waals surface area (Å²) in [6, 6.07) is 5.19. The van der Waals surface area contributed by atoms with Gasteiger partial charge in [0.05, 0.1) is 12.5 Å². The molecule has 2 unspecified atom stereocenters. The Labute approximate surface area is 122 Å². The number of benzene rings is 1. The number of nitrogens with zero attached hydrogens (tertiary/aromatic N) is 1. The quantitative estimate of drug-likeness (QED) is 0.896. The third kappa shape index (κ3) is 3.71. The Hall–Kier alpha value is -2.11. The number of carbonyl (C=O) groups is 2. The van der Waals surface area contributed by atoms with Crippen LogP contribution in [-0.4, -0.2) is 34.6 Å². The number of carbonyl (C=O) groups excluding carboxylic acids is 1. The molecule has 1 aliphatic rings. The molecule has 1 aliphatic heterocycles. The van der Waals surface area contributed by atoms with Crippen molar-refractivity contribution < 1.29 is 19.1 Å². The summed E-state index contributed by atoms with van der Waals surface area (Å²) in [6.07, 6.45) is 1.43. The smallest absolute Gasteiger partial charge is 0.318 e. The first-order chi connectivity index (χ1) is 9.99. The topological polar surface area (TPSA) is 69.6 Å². The minimum Gasteiger partial charge on any atom is -0.481 e. The van der Waals surface area contributed by atoms with Crippen molar-refractivity contribution in [3.8, 4) is 0 Å². The summed E-state index contributed by atoms with van der Waals surface area (Å²) in [5.74, 6) is -1.28. The standard InChI is InChI=1S/C15H19FN2O3/c1-10(12-6-2-3-7-13(12)16)17-15(21)18-8-4-5-11(18)9-14(19)20/h2-3,6-7,10-11H,4-5,8-9H2,1H3,(H,17,21)(H,19,20). The molecule has 2 rings (SSSR count). The molecule has 1 heterocycles. The van der Waals surface area contributed by atoms with E-state index in [-0.39, 0.29) is 24.3 Å². The Kier molecular flexibility index (Phi) is 4.77. The number of likely N-dealkylation sites (tertiary alicyclic amines) is 1. The molecule has 0 saturated carbocycles. The number of rotatable bonds is 4. The normalized spacial score (nSPS) is 19.3. The van der Waals surface area contributed by atoms with E-state index in [1.165, 1.54) is 11.0 Å². The van der Waals surface area contributed by atoms with Gasteiger partial charge in [-0.05, 0) is 25.8 Å². The minimum absolute atomic E-state index is 0.0541. The van der Waals surface area contributed by atoms with E-state index in [1.54, 1.807) is 25.1 Å². The van der Waals surface area contributed by atoms with Crippen LogP contribution in [-0.2, 0) is 4.79 Å². The lowest BCUT2D eigenvalue weighted by atomic mass is 10.1. The molecule has 0 spiro atoms. The van der Waals surface area contributed by atoms with E-state index < -0.39 is 12.0 Å². The Morgan fingerprint density at radius 1 is 1.48 bits per heavy atom. The van der Waals surface area contributed by atoms with E-state index in [0.29, 0.717) is 18.5 Å². The molecule has 0 bridgehead atoms. The minimum atomic E-state index is -0.915. The average Bonchev–Trinajstić information content (AvgIpc) is 2.86. The second kappa shape index (κ2) is 6.56. The van der Waals surface area contributed by atoms with Crippen molar-refractivity contribution in [1.82, 2.24) is 10.2 Å². The van der Waals surface area contributed by atoms with E-state index in [0.717, 1.165) is 6.42 Å². The fourth-order valence-corrected chi connectivity index (χ4v) is 2.69. The van der Waals surface area contributed by atoms with Crippen LogP contribution in [0.15, 0.2) is 24.3 Å². The number of carboxylic acids is 1. The van der Waals surface area contributed by atoms with Gasteiger partial charge in [-0.1, -0.05) is 18.2 Å². The molecule has 1 aromatic carbocycles. The SMILES string of the molecule is CC(NC(=O)N1CCCC1CC(=O)O)c1ccccc1F. The Morgan fingerprint density at radius 3 is 2.86 bits per heavy atom. The van der Waals surface area contributed by atoms with Crippen molar-refractivity contribution in [3.05, 3.63) is 35.6 Å². The lowest BCUT2D eigenvalue weighted by molar-refractivity contribution is -0.137. The lowest BCUT2D eigenvalue weighted by Gasteiger charge is -2.26. The molecule has 2 amide bonds. The predicted octanol–water partition coefficient (Wildman–Crippen LogP) is 2.54. The van der Waals surface area contributed by atoms with Crippen molar-refractivity contribution in [3.63, 3.8) is 0 Å². The van der Waals surface area contributed by atoms with Crippen molar-refractivity contribution in [2.75, 3.05) is 6.54 Å². The number of amides is 2. The summed E-state index contributed by atoms with van der Waals surface area (Å²) < 4.78 is 13.7. The zero-order valence-corrected chi connectivity index (χ0v) is 11.9. The molecule has 1 saturated heterocycles. The van der Waals surface area contributed by atoms with Gasteiger partial charge in [0.2, 0.25) is 0 Å². The van der Waals surface area contributed by atoms with Crippen LogP contribution in [0, 0.1) is 5.82 Å². The fraction of sp³-hybridized carbons (Fsp3) is 0.467. The van der Waals surface area contributed by atoms with E-state index in [2.05, 4.69) is 5.32 Å². The molecule has 1 aromatic rings. The zero-order chi connectivity index (χ0) is 15.4. The van der Waals surface area contributed by atoms with Gasteiger partial charge in [-0.15, -0.1) is 0 Å². The molecule has 2 N–H and O–H groups in total. The van der Waals surface area contributed by atoms with Crippen LogP contribution in [0.5, 0.6) is 0 Å². The lowest BCUT2D eigenvalue weighted by Crippen LogP contribution is -2.44. The summed E-state index contributed by atoms with van der Waals surface area (Å²) >= 11 is 0. The molecular formula is C15H19FN2O3. The third-order valence-electron chi connectivity index (χ3n) is 3.76. The first-order valence-electron chi connectivity index (χ1n) is 7.02. The summed E-state index contributed by atoms with van der Waals surface area (Å²) in [7, 11) is 0. The first-order valence-corrected chi connectivity index (χ1v) is 7.02. The Morgan fingerprint density at radius 2 is 2.19 bits per heavy atom. The van der Waals surface area contributed by atoms with E-state index in [1.807, 2.05) is 0 Å². The maximum absolute atomic E-state index is 13.7. The van der Waals surface area contributed by atoms with Gasteiger partial charge in [-0.25, -0.2) is 9.18 Å². The van der Waals surface area contributed by atoms with Crippen molar-refractivity contribution in [2.24, 2.45) is 0 Å². The fourth-order valence-electron chi connectivity index (χ4n) is 2.69. The molecular weight excluding hydrogens is 275 g/mol. The molecule has 0 radical (unpaired) electrons. The monoisotopic (exact) mass is 294 g/mol. The zero-order valence-electron chi connectivity index (χ0n) is 11.9. The van der Waals surface area contributed by atoms with Gasteiger partial charge in [0.15, 0.2) is 0 Å². The molecule has 2 atom stereocenters. The van der Waals surface area contributed by atoms with Crippen LogP contribution in [0.4, 0.5) is 9.18 Å². The second-order valence-corrected chi connectivity index (χ2v) is 5.28. The van der Waals surface area contributed by atoms with Crippen LogP contribution in [0.3, 0.4) is 0 Å². The van der Waals surface area contributed by atoms with E-state index in [4.69, 9.17) is 5.11 Å². The Bertz CT molecular complexity index is 535. The van der Waals surface area contributed by atoms with Gasteiger partial charge in [0.25, 0.3) is 0 Å². The molecule has 1 fully saturated rings. The summed E-state index contributed by atoms with van der Waals surface area (Å²) in [4.78, 5) is 24.6. The van der Waals surface area contributed by atoms with Gasteiger partial charge < -0.3 is 15.3 Å². The van der Waals surface area contributed by atoms with Gasteiger partial charge in [0.1, 0.15) is 5.82 Å². The Balaban J connectivity index is 2.00. The highest BCUT2D eigenvalue weighted by atomic mass is 19.1. The number of hydrogen-bond acceptors (Lipinski definition) is 2. The number of halogens is 1. The van der Waals surface area contributed by atoms with Gasteiger partial charge in [0, 0.05) is 18.2 Å². The first kappa shape index (κ1) is 15.3. The number of aliphatic carboxylic acids is 1. The number of carboxylic acid groups (broad SMARTS) is 1. The number of hydrogen-bond donors (Lipinski definition) is 2. The van der Waals surface area contributed by atoms with Gasteiger partial charge in [-0.2, -0.15) is 0 Å². The number of nitrogens with one attached hydrogen (secondary N) is 1. The van der Waals surface area contributed by atoms with Crippen LogP contribution >= 0.6 is 0 Å². The highest BCUT2D eigenvalue weighted by Crippen LogP contribution is 2.22. The average molecular weight is 294 g/mol. The maximum atomic E-state index is 13.7. The second-order valence-electron chi connectivity index (χ2n) is 5.28. The molecule has 21 heavy (non-hydrogen) atoms. The highest BCUT2D eigenvalue weighted by Gasteiger charge is 2.31. The molecule has 5 nitrogen and oxygen atoms in total. The van der Waals surface area contributed by atoms with E-state index in [9.17, 15) is 14.0 Å². The van der Waals surface area contributed by atoms with Crippen molar-refractivity contribution in [2.45, 2.75) is 38.3 Å². The summed E-state index contributed by atoms with van der Waals surface area (Å²) in [6.45, 7) is 2.24. The van der Waals surface area contributed by atoms with Crippen molar-refractivity contribution in [1.29, 1.82) is 0 Å². The van der Waals surface area contributed by atoms with Crippen LogP contribution in [0.1, 0.15) is 37.8 Å². The molecule has 0 aliphatic carbocycles. The van der Waals surface area contributed by atoms with Crippen LogP contribution in [0.25, 0.3) is 0 Å². The molecule has 6 heteroatoms. The number of urea groups is 1. The predicted molar refractivity (Wildman–Crippen MR) is 75.3 cm³/mol. The van der Waals surface area contributed by atoms with Gasteiger partial charge in [-0.3, -0.25) is 4.79 Å². The third-order valence-corrected chi connectivity index (χ3v) is 3.76. The van der Waals surface area contributed by atoms with Gasteiger partial charge >= 0.3 is 12.0 Å². The molecule has 0 aromatic heterocycles. The van der Waals surface area contributed by atoms with Crippen LogP contribution < -0.4 is 5.32 Å². The van der Waals surface area contributed by atoms with E-state index >= 15 is 0 Å². The summed E-state index contributed by atoms with van der Waals surface area (Å²) in [5, 5.41) is 11.6. The van der Waals surface area contributed by atoms with Crippen LogP contribution in [0.2, 0.25) is 0 Å². The largest absolute Gasteiger partial charge is 0.481 e. The summed E-state index contributed by atoms with van der Waals surface area (Å²) in [5.41, 5.74) is 0.417. The maximum Gasteiger partial charge on any atom is 0.318 e. The van der Waals surface area contributed by atoms with Crippen molar-refractivity contribution >= 4 is 12.0 Å². The highest BCUT2D eigenvalue weighted by molar-refractivity contribution is 5.76. The molecule has 114 valence electrons.